The highest BCUT2D eigenvalue weighted by Gasteiger charge is 2.60. The summed E-state index contributed by atoms with van der Waals surface area (Å²) >= 11 is 8.75. The molecule has 11 fully saturated rings. The number of carbonyl (C=O) groups excluding carboxylic acids is 10. The molecule has 82 heavy (non-hydrogen) atoms. The Hall–Kier alpha value is -2.59. The van der Waals surface area contributed by atoms with Gasteiger partial charge in [-0.15, -0.1) is 0 Å². The first-order chi connectivity index (χ1) is 38.7. The smallest absolute Gasteiger partial charge is 0.233 e. The number of aliphatic hydroxyl groups excluding tert-OH is 1. The molecule has 0 aromatic rings. The van der Waals surface area contributed by atoms with Gasteiger partial charge in [0.15, 0.2) is 0 Å². The van der Waals surface area contributed by atoms with E-state index in [2.05, 4.69) is 20.8 Å². The Morgan fingerprint density at radius 1 is 0.317 bits per heavy atom. The third kappa shape index (κ3) is 17.8. The summed E-state index contributed by atoms with van der Waals surface area (Å²) in [5.41, 5.74) is 0. The van der Waals surface area contributed by atoms with Crippen LogP contribution in [0.3, 0.4) is 0 Å². The van der Waals surface area contributed by atoms with Gasteiger partial charge in [-0.2, -0.15) is 58.8 Å². The molecule has 0 radical (unpaired) electrons. The van der Waals surface area contributed by atoms with Crippen LogP contribution < -0.4 is 0 Å². The summed E-state index contributed by atoms with van der Waals surface area (Å²) in [4.78, 5) is 123. The van der Waals surface area contributed by atoms with Crippen LogP contribution in [0.25, 0.3) is 0 Å². The van der Waals surface area contributed by atoms with E-state index in [1.54, 1.807) is 94.0 Å². The van der Waals surface area contributed by atoms with Gasteiger partial charge in [-0.05, 0) is 175 Å². The summed E-state index contributed by atoms with van der Waals surface area (Å²) in [6, 6.07) is 0. The van der Waals surface area contributed by atoms with Crippen molar-refractivity contribution in [1.82, 2.24) is 24.5 Å². The molecule has 17 unspecified atom stereocenters. The molecule has 5 aliphatic heterocycles. The lowest BCUT2D eigenvalue weighted by Gasteiger charge is -2.33. The van der Waals surface area contributed by atoms with Crippen LogP contribution in [0, 0.1) is 101 Å². The highest BCUT2D eigenvalue weighted by atomic mass is 32.2. The number of carbonyl (C=O) groups is 10. The number of hydrogen-bond acceptors (Lipinski definition) is 16. The molecule has 5 saturated heterocycles. The largest absolute Gasteiger partial charge is 0.396 e. The molecule has 2 bridgehead atoms. The average Bonchev–Trinajstić information content (AvgIpc) is 4.33. The van der Waals surface area contributed by atoms with E-state index in [1.807, 2.05) is 69.5 Å². The van der Waals surface area contributed by atoms with Gasteiger partial charge in [0.2, 0.25) is 59.1 Å². The molecule has 0 aromatic carbocycles. The Kier molecular flexibility index (Phi) is 33.6. The van der Waals surface area contributed by atoms with Crippen LogP contribution in [-0.4, -0.2) is 193 Å². The third-order valence-corrected chi connectivity index (χ3v) is 18.6. The summed E-state index contributed by atoms with van der Waals surface area (Å²) in [7, 11) is 7.99. The van der Waals surface area contributed by atoms with Crippen molar-refractivity contribution in [2.45, 2.75) is 118 Å². The first kappa shape index (κ1) is 75.5. The van der Waals surface area contributed by atoms with Crippen molar-refractivity contribution in [3.63, 3.8) is 0 Å². The normalized spacial score (nSPS) is 34.9. The maximum absolute atomic E-state index is 11.9. The van der Waals surface area contributed by atoms with Gasteiger partial charge >= 0.3 is 0 Å². The van der Waals surface area contributed by atoms with E-state index < -0.39 is 0 Å². The van der Waals surface area contributed by atoms with Crippen molar-refractivity contribution in [2.75, 3.05) is 104 Å². The Morgan fingerprint density at radius 2 is 0.573 bits per heavy atom. The van der Waals surface area contributed by atoms with Gasteiger partial charge in [-0.3, -0.25) is 72.4 Å². The van der Waals surface area contributed by atoms with E-state index in [1.165, 1.54) is 37.3 Å². The molecule has 10 amide bonds. The lowest BCUT2D eigenvalue weighted by molar-refractivity contribution is -0.140. The number of imide groups is 5. The molecular weight excluding hydrogens is 1140 g/mol. The predicted octanol–water partition coefficient (Wildman–Crippen LogP) is 8.91. The number of hydrogen-bond donors (Lipinski definition) is 1. The summed E-state index contributed by atoms with van der Waals surface area (Å²) in [6.07, 6.45) is 34.9. The molecule has 1 N–H and O–H groups in total. The minimum atomic E-state index is -0.267. The Bertz CT molecular complexity index is 2050. The SMILES string of the molecule is CC1CCC(C)C2C(=O)N(C)C(=O)C12.CC1CCC(CO)C2C(=O)N(C)C(=O)C12.CC1CCCC2C(=O)N(C)C(=O)C12.CN1C(=O)C2C3CCC(C3)C2C1=O.CN1C(=O)C2CCCCC2C1=O.CSC.CSC.CSC.CSC.CSC. The number of aliphatic hydroxyl groups is 1. The fourth-order valence-electron chi connectivity index (χ4n) is 14.5. The van der Waals surface area contributed by atoms with E-state index >= 15 is 0 Å². The number of amides is 10. The van der Waals surface area contributed by atoms with E-state index in [0.29, 0.717) is 29.6 Å². The van der Waals surface area contributed by atoms with Crippen molar-refractivity contribution < 1.29 is 53.1 Å². The van der Waals surface area contributed by atoms with Crippen molar-refractivity contribution in [3.05, 3.63) is 0 Å². The van der Waals surface area contributed by atoms with Crippen LogP contribution in [0.4, 0.5) is 0 Å². The van der Waals surface area contributed by atoms with E-state index in [0.717, 1.165) is 77.0 Å². The summed E-state index contributed by atoms with van der Waals surface area (Å²) in [6.45, 7) is 8.30. The molecule has 0 spiro atoms. The Labute approximate surface area is 514 Å². The first-order valence-electron chi connectivity index (χ1n) is 29.4. The summed E-state index contributed by atoms with van der Waals surface area (Å²) in [5, 5.41) is 9.23. The fourth-order valence-corrected chi connectivity index (χ4v) is 14.5. The van der Waals surface area contributed by atoms with Crippen molar-refractivity contribution >= 4 is 118 Å². The van der Waals surface area contributed by atoms with Crippen LogP contribution in [0.5, 0.6) is 0 Å². The van der Waals surface area contributed by atoms with Crippen LogP contribution >= 0.6 is 58.8 Å². The minimum Gasteiger partial charge on any atom is -0.396 e. The fraction of sp³-hybridized carbons (Fsp3) is 0.836. The summed E-state index contributed by atoms with van der Waals surface area (Å²) in [5.74, 6) is 2.35. The molecule has 0 aromatic heterocycles. The first-order valence-corrected chi connectivity index (χ1v) is 37.6. The number of nitrogens with zero attached hydrogens (tertiary/aromatic N) is 5. The molecule has 11 rings (SSSR count). The number of thioether (sulfide) groups is 5. The molecular formula is C61H105N5O11S5. The van der Waals surface area contributed by atoms with Crippen molar-refractivity contribution in [2.24, 2.45) is 101 Å². The predicted molar refractivity (Wildman–Crippen MR) is 340 cm³/mol. The molecule has 16 nitrogen and oxygen atoms in total. The molecule has 6 saturated carbocycles. The quantitative estimate of drug-likeness (QED) is 0.243. The second-order valence-corrected chi connectivity index (χ2v) is 28.4. The minimum absolute atomic E-state index is 0.00116. The second-order valence-electron chi connectivity index (χ2n) is 24.3. The molecule has 6 aliphatic carbocycles. The molecule has 5 heterocycles. The van der Waals surface area contributed by atoms with Gasteiger partial charge in [0, 0.05) is 41.8 Å². The van der Waals surface area contributed by atoms with E-state index in [-0.39, 0.29) is 137 Å². The van der Waals surface area contributed by atoms with Crippen molar-refractivity contribution in [1.29, 1.82) is 0 Å². The second kappa shape index (κ2) is 36.5. The van der Waals surface area contributed by atoms with E-state index in [9.17, 15) is 53.1 Å². The van der Waals surface area contributed by atoms with Crippen molar-refractivity contribution in [3.8, 4) is 0 Å². The number of likely N-dealkylation sites (tertiary alicyclic amines) is 5. The number of fused-ring (bicyclic) bond motifs is 9. The maximum atomic E-state index is 11.9. The average molecular weight is 1240 g/mol. The van der Waals surface area contributed by atoms with Crippen LogP contribution in [0.15, 0.2) is 0 Å². The highest BCUT2D eigenvalue weighted by molar-refractivity contribution is 7.98. The molecule has 21 heteroatoms. The maximum Gasteiger partial charge on any atom is 0.233 e. The number of rotatable bonds is 1. The zero-order valence-corrected chi connectivity index (χ0v) is 57.3. The Morgan fingerprint density at radius 3 is 0.927 bits per heavy atom. The van der Waals surface area contributed by atoms with Gasteiger partial charge < -0.3 is 5.11 Å². The highest BCUT2D eigenvalue weighted by Crippen LogP contribution is 2.56. The zero-order chi connectivity index (χ0) is 62.6. The topological polar surface area (TPSA) is 207 Å². The summed E-state index contributed by atoms with van der Waals surface area (Å²) < 4.78 is 0. The van der Waals surface area contributed by atoms with Crippen LogP contribution in [0.2, 0.25) is 0 Å². The van der Waals surface area contributed by atoms with Gasteiger partial charge in [0.25, 0.3) is 0 Å². The molecule has 11 aliphatic rings. The van der Waals surface area contributed by atoms with Gasteiger partial charge in [-0.1, -0.05) is 47.0 Å². The molecule has 17 atom stereocenters. The zero-order valence-electron chi connectivity index (χ0n) is 53.2. The standard InChI is InChI=1S/C11H17NO3.C11H17NO2.C10H13NO2.C10H15NO2.C9H13NO2.5C2H6S/c1-6-3-4-7(5-13)9-8(6)10(14)12(2)11(9)15;1-6-4-5-7(2)9-8(6)10(13)12(3)11(9)14;1-11-9(12)7-5-2-3-6(4-5)8(7)10(11)13;1-6-4-3-5-7-8(6)10(13)11(2)9(7)12;1-10-8(11)6-4-2-3-5-7(6)9(10)12;5*1-3-2/h6-9,13H,3-5H2,1-2H3;6-9H,4-5H2,1-3H3;5-8H,2-4H2,1H3;6-8H,3-5H2,1-2H3;6-7H,2-5H2,1H3;5*1-2H3. The van der Waals surface area contributed by atoms with Gasteiger partial charge in [0.05, 0.1) is 59.2 Å². The lowest BCUT2D eigenvalue weighted by atomic mass is 9.68. The Balaban J connectivity index is 0.000000330. The van der Waals surface area contributed by atoms with Crippen LogP contribution in [-0.2, 0) is 47.9 Å². The molecule has 470 valence electrons. The third-order valence-electron chi connectivity index (χ3n) is 18.6. The van der Waals surface area contributed by atoms with Crippen LogP contribution in [0.1, 0.15) is 118 Å². The monoisotopic (exact) mass is 1240 g/mol. The van der Waals surface area contributed by atoms with Gasteiger partial charge in [0.1, 0.15) is 0 Å². The van der Waals surface area contributed by atoms with Gasteiger partial charge in [-0.25, -0.2) is 0 Å². The lowest BCUT2D eigenvalue weighted by Crippen LogP contribution is -2.37. The van der Waals surface area contributed by atoms with E-state index in [4.69, 9.17) is 0 Å².